The van der Waals surface area contributed by atoms with Crippen LogP contribution in [-0.2, 0) is 0 Å². The molecular formula is C16H15N3. The topological polar surface area (TPSA) is 41.6 Å². The monoisotopic (exact) mass is 249 g/mol. The first-order valence-corrected chi connectivity index (χ1v) is 6.27. The van der Waals surface area contributed by atoms with E-state index in [2.05, 4.69) is 40.9 Å². The van der Waals surface area contributed by atoms with Crippen molar-refractivity contribution in [2.75, 3.05) is 0 Å². The number of aromatic nitrogens is 3. The fourth-order valence-corrected chi connectivity index (χ4v) is 2.02. The van der Waals surface area contributed by atoms with E-state index in [0.717, 1.165) is 22.4 Å². The summed E-state index contributed by atoms with van der Waals surface area (Å²) in [5.41, 5.74) is 5.75. The van der Waals surface area contributed by atoms with Crippen LogP contribution in [0.3, 0.4) is 0 Å². The van der Waals surface area contributed by atoms with Crippen LogP contribution in [0.5, 0.6) is 0 Å². The van der Waals surface area contributed by atoms with E-state index in [-0.39, 0.29) is 0 Å². The Morgan fingerprint density at radius 3 is 2.53 bits per heavy atom. The zero-order valence-corrected chi connectivity index (χ0v) is 11.0. The minimum atomic E-state index is 0.872. The lowest BCUT2D eigenvalue weighted by Crippen LogP contribution is -1.79. The second kappa shape index (κ2) is 4.69. The molecule has 19 heavy (non-hydrogen) atoms. The maximum absolute atomic E-state index is 4.57. The Morgan fingerprint density at radius 2 is 1.74 bits per heavy atom. The van der Waals surface area contributed by atoms with Gasteiger partial charge >= 0.3 is 0 Å². The van der Waals surface area contributed by atoms with E-state index in [4.69, 9.17) is 0 Å². The molecule has 0 amide bonds. The maximum atomic E-state index is 4.57. The molecule has 0 aliphatic heterocycles. The molecule has 0 fully saturated rings. The number of pyridine rings is 1. The largest absolute Gasteiger partial charge is 0.338 e. The molecule has 0 aliphatic carbocycles. The van der Waals surface area contributed by atoms with Gasteiger partial charge in [0.05, 0.1) is 11.0 Å². The van der Waals surface area contributed by atoms with E-state index in [1.165, 1.54) is 11.1 Å². The minimum Gasteiger partial charge on any atom is -0.338 e. The normalized spacial score (nSPS) is 11.5. The van der Waals surface area contributed by atoms with Crippen molar-refractivity contribution in [3.05, 3.63) is 59.2 Å². The van der Waals surface area contributed by atoms with Crippen LogP contribution in [0.15, 0.2) is 36.7 Å². The zero-order chi connectivity index (χ0) is 13.2. The molecule has 0 radical (unpaired) electrons. The lowest BCUT2D eigenvalue weighted by molar-refractivity contribution is 1.29. The number of benzene rings is 1. The van der Waals surface area contributed by atoms with Crippen LogP contribution in [0.4, 0.5) is 0 Å². The van der Waals surface area contributed by atoms with Gasteiger partial charge in [0.1, 0.15) is 5.82 Å². The molecule has 2 aromatic heterocycles. The molecule has 94 valence electrons. The Hall–Kier alpha value is -2.42. The highest BCUT2D eigenvalue weighted by Gasteiger charge is 2.02. The molecule has 0 atom stereocenters. The zero-order valence-electron chi connectivity index (χ0n) is 11.0. The lowest BCUT2D eigenvalue weighted by Gasteiger charge is -1.97. The van der Waals surface area contributed by atoms with E-state index in [1.54, 1.807) is 12.4 Å². The van der Waals surface area contributed by atoms with E-state index in [9.17, 15) is 0 Å². The van der Waals surface area contributed by atoms with Crippen molar-refractivity contribution in [1.29, 1.82) is 0 Å². The van der Waals surface area contributed by atoms with Crippen LogP contribution in [0.25, 0.3) is 23.2 Å². The number of aromatic amines is 1. The summed E-state index contributed by atoms with van der Waals surface area (Å²) in [4.78, 5) is 11.9. The van der Waals surface area contributed by atoms with Gasteiger partial charge in [-0.1, -0.05) is 6.08 Å². The highest BCUT2D eigenvalue weighted by molar-refractivity contribution is 5.80. The predicted molar refractivity (Wildman–Crippen MR) is 78.7 cm³/mol. The van der Waals surface area contributed by atoms with Gasteiger partial charge in [0.2, 0.25) is 0 Å². The first-order valence-electron chi connectivity index (χ1n) is 6.27. The minimum absolute atomic E-state index is 0.872. The number of fused-ring (bicyclic) bond motifs is 1. The summed E-state index contributed by atoms with van der Waals surface area (Å²) in [6.07, 6.45) is 7.58. The Morgan fingerprint density at radius 1 is 1.00 bits per heavy atom. The molecule has 0 unspecified atom stereocenters. The van der Waals surface area contributed by atoms with Crippen molar-refractivity contribution in [2.45, 2.75) is 13.8 Å². The molecule has 3 nitrogen and oxygen atoms in total. The Bertz CT molecular complexity index is 700. The summed E-state index contributed by atoms with van der Waals surface area (Å²) in [6, 6.07) is 8.19. The van der Waals surface area contributed by atoms with Crippen molar-refractivity contribution in [3.8, 4) is 0 Å². The van der Waals surface area contributed by atoms with Crippen molar-refractivity contribution >= 4 is 23.2 Å². The van der Waals surface area contributed by atoms with Crippen molar-refractivity contribution in [2.24, 2.45) is 0 Å². The van der Waals surface area contributed by atoms with Gasteiger partial charge in [-0.25, -0.2) is 4.98 Å². The van der Waals surface area contributed by atoms with Gasteiger partial charge in [-0.15, -0.1) is 0 Å². The SMILES string of the molecule is Cc1cc2nc(/C=C/c3ccncc3)[nH]c2cc1C. The molecule has 0 spiro atoms. The van der Waals surface area contributed by atoms with E-state index < -0.39 is 0 Å². The predicted octanol–water partition coefficient (Wildman–Crippen LogP) is 3.75. The second-order valence-corrected chi connectivity index (χ2v) is 4.69. The van der Waals surface area contributed by atoms with Gasteiger partial charge in [0.25, 0.3) is 0 Å². The van der Waals surface area contributed by atoms with Gasteiger partial charge in [0, 0.05) is 12.4 Å². The van der Waals surface area contributed by atoms with Crippen molar-refractivity contribution in [3.63, 3.8) is 0 Å². The fourth-order valence-electron chi connectivity index (χ4n) is 2.02. The number of nitrogens with zero attached hydrogens (tertiary/aromatic N) is 2. The molecule has 1 N–H and O–H groups in total. The number of hydrogen-bond donors (Lipinski definition) is 1. The summed E-state index contributed by atoms with van der Waals surface area (Å²) in [7, 11) is 0. The number of imidazole rings is 1. The highest BCUT2D eigenvalue weighted by atomic mass is 14.9. The van der Waals surface area contributed by atoms with Gasteiger partial charge in [-0.3, -0.25) is 4.98 Å². The third kappa shape index (κ3) is 2.40. The first kappa shape index (κ1) is 11.7. The maximum Gasteiger partial charge on any atom is 0.131 e. The Balaban J connectivity index is 1.96. The number of nitrogens with one attached hydrogen (secondary N) is 1. The molecule has 2 heterocycles. The summed E-state index contributed by atoms with van der Waals surface area (Å²) in [5.74, 6) is 0.872. The summed E-state index contributed by atoms with van der Waals surface area (Å²) >= 11 is 0. The quantitative estimate of drug-likeness (QED) is 0.751. The fraction of sp³-hybridized carbons (Fsp3) is 0.125. The summed E-state index contributed by atoms with van der Waals surface area (Å²) in [6.45, 7) is 4.22. The van der Waals surface area contributed by atoms with Gasteiger partial charge < -0.3 is 4.98 Å². The average Bonchev–Trinajstić information content (AvgIpc) is 2.80. The van der Waals surface area contributed by atoms with Gasteiger partial charge in [-0.05, 0) is 60.9 Å². The Kier molecular flexibility index (Phi) is 2.88. The van der Waals surface area contributed by atoms with Crippen LogP contribution in [-0.4, -0.2) is 15.0 Å². The van der Waals surface area contributed by atoms with E-state index in [0.29, 0.717) is 0 Å². The van der Waals surface area contributed by atoms with Crippen LogP contribution < -0.4 is 0 Å². The third-order valence-electron chi connectivity index (χ3n) is 3.26. The van der Waals surface area contributed by atoms with Crippen LogP contribution >= 0.6 is 0 Å². The van der Waals surface area contributed by atoms with E-state index in [1.807, 2.05) is 24.3 Å². The molecule has 0 saturated carbocycles. The van der Waals surface area contributed by atoms with Gasteiger partial charge in [0.15, 0.2) is 0 Å². The number of rotatable bonds is 2. The second-order valence-electron chi connectivity index (χ2n) is 4.69. The van der Waals surface area contributed by atoms with Crippen LogP contribution in [0, 0.1) is 13.8 Å². The summed E-state index contributed by atoms with van der Waals surface area (Å²) < 4.78 is 0. The van der Waals surface area contributed by atoms with Crippen molar-refractivity contribution < 1.29 is 0 Å². The van der Waals surface area contributed by atoms with Crippen molar-refractivity contribution in [1.82, 2.24) is 15.0 Å². The van der Waals surface area contributed by atoms with Crippen LogP contribution in [0.2, 0.25) is 0 Å². The number of aryl methyl sites for hydroxylation is 2. The molecule has 3 rings (SSSR count). The highest BCUT2D eigenvalue weighted by Crippen LogP contribution is 2.18. The smallest absolute Gasteiger partial charge is 0.131 e. The lowest BCUT2D eigenvalue weighted by atomic mass is 10.1. The average molecular weight is 249 g/mol. The van der Waals surface area contributed by atoms with Gasteiger partial charge in [-0.2, -0.15) is 0 Å². The standard InChI is InChI=1S/C16H15N3/c1-11-9-14-15(10-12(11)2)19-16(18-14)4-3-13-5-7-17-8-6-13/h3-10H,1-2H3,(H,18,19)/b4-3+. The number of H-pyrrole nitrogens is 1. The molecule has 0 saturated heterocycles. The van der Waals surface area contributed by atoms with Crippen LogP contribution in [0.1, 0.15) is 22.5 Å². The molecular weight excluding hydrogens is 234 g/mol. The third-order valence-corrected chi connectivity index (χ3v) is 3.26. The Labute approximate surface area is 112 Å². The molecule has 1 aromatic carbocycles. The molecule has 3 heteroatoms. The number of hydrogen-bond acceptors (Lipinski definition) is 2. The first-order chi connectivity index (χ1) is 9.22. The molecule has 3 aromatic rings. The molecule has 0 aliphatic rings. The molecule has 0 bridgehead atoms. The van der Waals surface area contributed by atoms with E-state index >= 15 is 0 Å². The summed E-state index contributed by atoms with van der Waals surface area (Å²) in [5, 5.41) is 0.